The lowest BCUT2D eigenvalue weighted by molar-refractivity contribution is -0.384. The Hall–Kier alpha value is -1.33. The molecule has 17 heavy (non-hydrogen) atoms. The number of nitrogens with one attached hydrogen (secondary N) is 1. The number of nitro benzene ring substituents is 1. The lowest BCUT2D eigenvalue weighted by Gasteiger charge is -2.18. The Bertz CT molecular complexity index is 439. The highest BCUT2D eigenvalue weighted by Crippen LogP contribution is 2.29. The summed E-state index contributed by atoms with van der Waals surface area (Å²) in [6.07, 6.45) is 1.04. The van der Waals surface area contributed by atoms with Crippen LogP contribution in [0.1, 0.15) is 13.3 Å². The van der Waals surface area contributed by atoms with Crippen molar-refractivity contribution in [2.45, 2.75) is 25.5 Å². The molecule has 2 atom stereocenters. The van der Waals surface area contributed by atoms with Crippen LogP contribution in [0.15, 0.2) is 18.2 Å². The molecule has 0 saturated carbocycles. The molecule has 0 aromatic heterocycles. The molecule has 0 amide bonds. The maximum Gasteiger partial charge on any atom is 0.271 e. The molecule has 1 aliphatic heterocycles. The number of nitro groups is 1. The quantitative estimate of drug-likeness (QED) is 0.667. The highest BCUT2D eigenvalue weighted by molar-refractivity contribution is 6.33. The van der Waals surface area contributed by atoms with E-state index in [9.17, 15) is 10.1 Å². The van der Waals surface area contributed by atoms with Crippen LogP contribution in [0.3, 0.4) is 0 Å². The highest BCUT2D eigenvalue weighted by Gasteiger charge is 2.24. The Morgan fingerprint density at radius 2 is 2.35 bits per heavy atom. The van der Waals surface area contributed by atoms with E-state index in [4.69, 9.17) is 16.3 Å². The van der Waals surface area contributed by atoms with E-state index in [2.05, 4.69) is 5.32 Å². The fourth-order valence-corrected chi connectivity index (χ4v) is 2.09. The van der Waals surface area contributed by atoms with Crippen molar-refractivity contribution in [1.82, 2.24) is 0 Å². The van der Waals surface area contributed by atoms with Crippen LogP contribution in [0.25, 0.3) is 0 Å². The number of rotatable bonds is 3. The summed E-state index contributed by atoms with van der Waals surface area (Å²) in [6.45, 7) is 2.72. The van der Waals surface area contributed by atoms with E-state index < -0.39 is 4.92 Å². The molecule has 1 N–H and O–H groups in total. The molecular formula is C11H13ClN2O3. The minimum atomic E-state index is -0.461. The van der Waals surface area contributed by atoms with Gasteiger partial charge in [0.1, 0.15) is 0 Å². The van der Waals surface area contributed by atoms with Gasteiger partial charge in [0.2, 0.25) is 0 Å². The van der Waals surface area contributed by atoms with Crippen molar-refractivity contribution < 1.29 is 9.66 Å². The molecule has 1 aromatic carbocycles. The predicted octanol–water partition coefficient (Wildman–Crippen LogP) is 2.84. The molecule has 6 heteroatoms. The average molecular weight is 257 g/mol. The third kappa shape index (κ3) is 2.68. The molecule has 1 fully saturated rings. The first-order chi connectivity index (χ1) is 8.08. The standard InChI is InChI=1S/C11H13ClN2O3/c1-7-10(4-5-17-7)13-11-3-2-8(14(15)16)6-9(11)12/h2-3,6-7,10,13H,4-5H2,1H3. The van der Waals surface area contributed by atoms with Gasteiger partial charge in [0, 0.05) is 18.7 Å². The summed E-state index contributed by atoms with van der Waals surface area (Å²) in [6, 6.07) is 4.62. The van der Waals surface area contributed by atoms with Crippen molar-refractivity contribution in [2.24, 2.45) is 0 Å². The van der Waals surface area contributed by atoms with Gasteiger partial charge in [-0.1, -0.05) is 11.6 Å². The van der Waals surface area contributed by atoms with Crippen molar-refractivity contribution in [3.05, 3.63) is 33.3 Å². The van der Waals surface area contributed by atoms with E-state index in [-0.39, 0.29) is 17.8 Å². The minimum Gasteiger partial charge on any atom is -0.378 e. The summed E-state index contributed by atoms with van der Waals surface area (Å²) in [5.41, 5.74) is 0.705. The molecule has 0 aliphatic carbocycles. The molecular weight excluding hydrogens is 244 g/mol. The van der Waals surface area contributed by atoms with E-state index in [1.807, 2.05) is 6.92 Å². The van der Waals surface area contributed by atoms with Crippen LogP contribution >= 0.6 is 11.6 Å². The Morgan fingerprint density at radius 3 is 2.88 bits per heavy atom. The van der Waals surface area contributed by atoms with Crippen LogP contribution in [-0.2, 0) is 4.74 Å². The molecule has 1 aromatic rings. The zero-order valence-electron chi connectivity index (χ0n) is 9.35. The number of hydrogen-bond acceptors (Lipinski definition) is 4. The van der Waals surface area contributed by atoms with E-state index in [1.165, 1.54) is 12.1 Å². The van der Waals surface area contributed by atoms with Crippen molar-refractivity contribution >= 4 is 23.0 Å². The van der Waals surface area contributed by atoms with Crippen LogP contribution in [-0.4, -0.2) is 23.7 Å². The molecule has 5 nitrogen and oxygen atoms in total. The van der Waals surface area contributed by atoms with E-state index >= 15 is 0 Å². The lowest BCUT2D eigenvalue weighted by atomic mass is 10.1. The van der Waals surface area contributed by atoms with Gasteiger partial charge in [-0.25, -0.2) is 0 Å². The second kappa shape index (κ2) is 4.89. The van der Waals surface area contributed by atoms with E-state index in [0.29, 0.717) is 10.7 Å². The maximum absolute atomic E-state index is 10.6. The van der Waals surface area contributed by atoms with Crippen molar-refractivity contribution in [2.75, 3.05) is 11.9 Å². The maximum atomic E-state index is 10.6. The summed E-state index contributed by atoms with van der Waals surface area (Å²) in [4.78, 5) is 10.1. The molecule has 2 rings (SSSR count). The number of halogens is 1. The number of nitrogens with zero attached hydrogens (tertiary/aromatic N) is 1. The monoisotopic (exact) mass is 256 g/mol. The van der Waals surface area contributed by atoms with Crippen LogP contribution in [0, 0.1) is 10.1 Å². The van der Waals surface area contributed by atoms with Crippen LogP contribution in [0.2, 0.25) is 5.02 Å². The van der Waals surface area contributed by atoms with Gasteiger partial charge in [0.05, 0.1) is 27.8 Å². The van der Waals surface area contributed by atoms with Crippen molar-refractivity contribution in [3.63, 3.8) is 0 Å². The van der Waals surface area contributed by atoms with Gasteiger partial charge in [0.15, 0.2) is 0 Å². The number of non-ortho nitro benzene ring substituents is 1. The Kier molecular flexibility index (Phi) is 3.49. The molecule has 0 bridgehead atoms. The lowest BCUT2D eigenvalue weighted by Crippen LogP contribution is -2.26. The predicted molar refractivity (Wildman–Crippen MR) is 65.5 cm³/mol. The first-order valence-electron chi connectivity index (χ1n) is 5.40. The largest absolute Gasteiger partial charge is 0.378 e. The fraction of sp³-hybridized carbons (Fsp3) is 0.455. The first kappa shape index (κ1) is 12.1. The Labute approximate surface area is 104 Å². The fourth-order valence-electron chi connectivity index (χ4n) is 1.86. The normalized spacial score (nSPS) is 23.6. The van der Waals surface area contributed by atoms with Gasteiger partial charge < -0.3 is 10.1 Å². The summed E-state index contributed by atoms with van der Waals surface area (Å²) < 4.78 is 5.43. The second-order valence-corrected chi connectivity index (χ2v) is 4.44. The molecule has 2 unspecified atom stereocenters. The van der Waals surface area contributed by atoms with Gasteiger partial charge in [-0.05, 0) is 19.4 Å². The van der Waals surface area contributed by atoms with Gasteiger partial charge >= 0.3 is 0 Å². The van der Waals surface area contributed by atoms with E-state index in [1.54, 1.807) is 6.07 Å². The summed E-state index contributed by atoms with van der Waals surface area (Å²) in [7, 11) is 0. The summed E-state index contributed by atoms with van der Waals surface area (Å²) >= 11 is 5.99. The van der Waals surface area contributed by atoms with E-state index in [0.717, 1.165) is 13.0 Å². The van der Waals surface area contributed by atoms with Crippen molar-refractivity contribution in [1.29, 1.82) is 0 Å². The number of ether oxygens (including phenoxy) is 1. The summed E-state index contributed by atoms with van der Waals surface area (Å²) in [5.74, 6) is 0. The average Bonchev–Trinajstić information content (AvgIpc) is 2.67. The topological polar surface area (TPSA) is 64.4 Å². The number of hydrogen-bond donors (Lipinski definition) is 1. The molecule has 0 radical (unpaired) electrons. The van der Waals surface area contributed by atoms with Crippen LogP contribution < -0.4 is 5.32 Å². The van der Waals surface area contributed by atoms with Gasteiger partial charge in [-0.2, -0.15) is 0 Å². The number of benzene rings is 1. The van der Waals surface area contributed by atoms with Crippen LogP contribution in [0.4, 0.5) is 11.4 Å². The van der Waals surface area contributed by atoms with Crippen molar-refractivity contribution in [3.8, 4) is 0 Å². The minimum absolute atomic E-state index is 0.00345. The molecule has 1 saturated heterocycles. The second-order valence-electron chi connectivity index (χ2n) is 4.04. The first-order valence-corrected chi connectivity index (χ1v) is 5.78. The van der Waals surface area contributed by atoms with Gasteiger partial charge in [-0.3, -0.25) is 10.1 Å². The molecule has 0 spiro atoms. The Balaban J connectivity index is 2.14. The third-order valence-electron chi connectivity index (χ3n) is 2.88. The zero-order chi connectivity index (χ0) is 12.4. The molecule has 1 aliphatic rings. The number of anilines is 1. The summed E-state index contributed by atoms with van der Waals surface area (Å²) in [5, 5.41) is 14.2. The Morgan fingerprint density at radius 1 is 1.59 bits per heavy atom. The zero-order valence-corrected chi connectivity index (χ0v) is 10.1. The molecule has 92 valence electrons. The van der Waals surface area contributed by atoms with Crippen LogP contribution in [0.5, 0.6) is 0 Å². The molecule has 1 heterocycles. The van der Waals surface area contributed by atoms with Gasteiger partial charge in [-0.15, -0.1) is 0 Å². The smallest absolute Gasteiger partial charge is 0.271 e. The SMILES string of the molecule is CC1OCCC1Nc1ccc([N+](=O)[O-])cc1Cl. The van der Waals surface area contributed by atoms with Gasteiger partial charge in [0.25, 0.3) is 5.69 Å². The third-order valence-corrected chi connectivity index (χ3v) is 3.19. The highest BCUT2D eigenvalue weighted by atomic mass is 35.5.